The summed E-state index contributed by atoms with van der Waals surface area (Å²) < 4.78 is 40.9. The molecule has 1 aromatic heterocycles. The van der Waals surface area contributed by atoms with E-state index in [1.54, 1.807) is 24.3 Å². The molecule has 2 nitrogen and oxygen atoms in total. The highest BCUT2D eigenvalue weighted by atomic mass is 19.4. The molecule has 19 heavy (non-hydrogen) atoms. The predicted molar refractivity (Wildman–Crippen MR) is 66.4 cm³/mol. The van der Waals surface area contributed by atoms with Crippen LogP contribution in [0.1, 0.15) is 5.56 Å². The predicted octanol–water partition coefficient (Wildman–Crippen LogP) is 4.29. The fourth-order valence-electron chi connectivity index (χ4n) is 1.58. The quantitative estimate of drug-likeness (QED) is 0.825. The molecule has 0 atom stereocenters. The standard InChI is InChI=1S/C14H10F3NO/c1-2-10-7-8-12(18-9-10)11-5-3-4-6-13(11)19-14(15,16)17/h2-9H,1H2. The molecule has 2 aromatic rings. The molecule has 0 aliphatic rings. The Morgan fingerprint density at radius 3 is 2.42 bits per heavy atom. The first-order valence-electron chi connectivity index (χ1n) is 5.43. The van der Waals surface area contributed by atoms with E-state index in [2.05, 4.69) is 16.3 Å². The van der Waals surface area contributed by atoms with Crippen molar-refractivity contribution >= 4 is 6.08 Å². The molecule has 0 amide bonds. The zero-order valence-electron chi connectivity index (χ0n) is 9.82. The minimum atomic E-state index is -4.73. The van der Waals surface area contributed by atoms with Crippen molar-refractivity contribution in [2.24, 2.45) is 0 Å². The zero-order chi connectivity index (χ0) is 13.9. The van der Waals surface area contributed by atoms with Gasteiger partial charge in [-0.25, -0.2) is 0 Å². The zero-order valence-corrected chi connectivity index (χ0v) is 9.82. The summed E-state index contributed by atoms with van der Waals surface area (Å²) in [6.07, 6.45) is -1.58. The maximum absolute atomic E-state index is 12.3. The van der Waals surface area contributed by atoms with E-state index in [-0.39, 0.29) is 11.3 Å². The Bertz CT molecular complexity index is 576. The molecule has 0 radical (unpaired) electrons. The van der Waals surface area contributed by atoms with Crippen molar-refractivity contribution in [2.45, 2.75) is 6.36 Å². The van der Waals surface area contributed by atoms with Crippen LogP contribution in [0.2, 0.25) is 0 Å². The molecule has 0 aliphatic heterocycles. The van der Waals surface area contributed by atoms with Crippen molar-refractivity contribution in [3.63, 3.8) is 0 Å². The van der Waals surface area contributed by atoms with Gasteiger partial charge in [-0.05, 0) is 23.8 Å². The Kier molecular flexibility index (Phi) is 3.55. The van der Waals surface area contributed by atoms with Crippen LogP contribution >= 0.6 is 0 Å². The smallest absolute Gasteiger partial charge is 0.405 e. The van der Waals surface area contributed by atoms with E-state index in [9.17, 15) is 13.2 Å². The van der Waals surface area contributed by atoms with Crippen LogP contribution in [0.4, 0.5) is 13.2 Å². The van der Waals surface area contributed by atoms with Crippen LogP contribution in [0, 0.1) is 0 Å². The van der Waals surface area contributed by atoms with Crippen molar-refractivity contribution in [1.82, 2.24) is 4.98 Å². The van der Waals surface area contributed by atoms with Gasteiger partial charge in [-0.3, -0.25) is 4.98 Å². The topological polar surface area (TPSA) is 22.1 Å². The molecule has 0 saturated carbocycles. The Morgan fingerprint density at radius 1 is 1.11 bits per heavy atom. The van der Waals surface area contributed by atoms with Crippen LogP contribution in [0.25, 0.3) is 17.3 Å². The summed E-state index contributed by atoms with van der Waals surface area (Å²) in [7, 11) is 0. The van der Waals surface area contributed by atoms with Gasteiger partial charge < -0.3 is 4.74 Å². The molecule has 0 saturated heterocycles. The normalized spacial score (nSPS) is 11.1. The Hall–Kier alpha value is -2.30. The number of nitrogens with zero attached hydrogens (tertiary/aromatic N) is 1. The molecule has 98 valence electrons. The van der Waals surface area contributed by atoms with E-state index in [1.165, 1.54) is 24.4 Å². The largest absolute Gasteiger partial charge is 0.573 e. The van der Waals surface area contributed by atoms with Crippen molar-refractivity contribution in [3.05, 3.63) is 54.7 Å². The fraction of sp³-hybridized carbons (Fsp3) is 0.0714. The van der Waals surface area contributed by atoms with Gasteiger partial charge >= 0.3 is 6.36 Å². The molecule has 0 bridgehead atoms. The number of alkyl halides is 3. The van der Waals surface area contributed by atoms with Crippen molar-refractivity contribution in [2.75, 3.05) is 0 Å². The third kappa shape index (κ3) is 3.34. The Balaban J connectivity index is 2.40. The summed E-state index contributed by atoms with van der Waals surface area (Å²) in [6, 6.07) is 9.22. The summed E-state index contributed by atoms with van der Waals surface area (Å²) in [5.41, 5.74) is 1.49. The van der Waals surface area contributed by atoms with Crippen LogP contribution in [-0.4, -0.2) is 11.3 Å². The SMILES string of the molecule is C=Cc1ccc(-c2ccccc2OC(F)(F)F)nc1. The van der Waals surface area contributed by atoms with Crippen LogP contribution in [-0.2, 0) is 0 Å². The summed E-state index contributed by atoms with van der Waals surface area (Å²) >= 11 is 0. The molecular weight excluding hydrogens is 255 g/mol. The number of aromatic nitrogens is 1. The lowest BCUT2D eigenvalue weighted by Gasteiger charge is -2.12. The van der Waals surface area contributed by atoms with Gasteiger partial charge in [-0.2, -0.15) is 0 Å². The van der Waals surface area contributed by atoms with Crippen LogP contribution in [0.3, 0.4) is 0 Å². The lowest BCUT2D eigenvalue weighted by atomic mass is 10.1. The second kappa shape index (κ2) is 5.14. The average molecular weight is 265 g/mol. The number of hydrogen-bond acceptors (Lipinski definition) is 2. The minimum absolute atomic E-state index is 0.270. The lowest BCUT2D eigenvalue weighted by Crippen LogP contribution is -2.17. The first kappa shape index (κ1) is 13.1. The fourth-order valence-corrected chi connectivity index (χ4v) is 1.58. The number of ether oxygens (including phenoxy) is 1. The monoisotopic (exact) mass is 265 g/mol. The van der Waals surface area contributed by atoms with Crippen LogP contribution in [0.5, 0.6) is 5.75 Å². The van der Waals surface area contributed by atoms with Crippen molar-refractivity contribution in [3.8, 4) is 17.0 Å². The highest BCUT2D eigenvalue weighted by Gasteiger charge is 2.32. The third-order valence-corrected chi connectivity index (χ3v) is 2.41. The molecule has 0 N–H and O–H groups in total. The molecule has 0 spiro atoms. The molecule has 0 fully saturated rings. The summed E-state index contributed by atoms with van der Waals surface area (Å²) in [5.74, 6) is -0.270. The van der Waals surface area contributed by atoms with E-state index in [0.717, 1.165) is 5.56 Å². The Labute approximate surface area is 108 Å². The van der Waals surface area contributed by atoms with Crippen molar-refractivity contribution in [1.29, 1.82) is 0 Å². The number of hydrogen-bond donors (Lipinski definition) is 0. The van der Waals surface area contributed by atoms with Gasteiger partial charge in [0.15, 0.2) is 0 Å². The van der Waals surface area contributed by atoms with Gasteiger partial charge in [0.25, 0.3) is 0 Å². The highest BCUT2D eigenvalue weighted by Crippen LogP contribution is 2.32. The van der Waals surface area contributed by atoms with E-state index in [0.29, 0.717) is 5.69 Å². The van der Waals surface area contributed by atoms with E-state index in [1.807, 2.05) is 0 Å². The van der Waals surface area contributed by atoms with Gasteiger partial charge in [0, 0.05) is 11.8 Å². The maximum Gasteiger partial charge on any atom is 0.573 e. The number of para-hydroxylation sites is 1. The first-order chi connectivity index (χ1) is 8.99. The van der Waals surface area contributed by atoms with E-state index in [4.69, 9.17) is 0 Å². The molecule has 1 aromatic carbocycles. The number of halogens is 3. The highest BCUT2D eigenvalue weighted by molar-refractivity contribution is 5.67. The lowest BCUT2D eigenvalue weighted by molar-refractivity contribution is -0.274. The van der Waals surface area contributed by atoms with Gasteiger partial charge in [0.1, 0.15) is 5.75 Å². The second-order valence-corrected chi connectivity index (χ2v) is 3.72. The van der Waals surface area contributed by atoms with Gasteiger partial charge in [-0.15, -0.1) is 13.2 Å². The summed E-state index contributed by atoms with van der Waals surface area (Å²) in [6.45, 7) is 3.59. The number of rotatable bonds is 3. The third-order valence-electron chi connectivity index (χ3n) is 2.41. The maximum atomic E-state index is 12.3. The van der Waals surface area contributed by atoms with Crippen molar-refractivity contribution < 1.29 is 17.9 Å². The molecule has 0 unspecified atom stereocenters. The van der Waals surface area contributed by atoms with Gasteiger partial charge in [0.2, 0.25) is 0 Å². The first-order valence-corrected chi connectivity index (χ1v) is 5.43. The summed E-state index contributed by atoms with van der Waals surface area (Å²) in [5, 5.41) is 0. The molecule has 1 heterocycles. The number of benzene rings is 1. The summed E-state index contributed by atoms with van der Waals surface area (Å²) in [4.78, 5) is 4.09. The Morgan fingerprint density at radius 2 is 1.84 bits per heavy atom. The van der Waals surface area contributed by atoms with Crippen LogP contribution in [0.15, 0.2) is 49.2 Å². The van der Waals surface area contributed by atoms with Crippen LogP contribution < -0.4 is 4.74 Å². The second-order valence-electron chi connectivity index (χ2n) is 3.72. The van der Waals surface area contributed by atoms with E-state index >= 15 is 0 Å². The average Bonchev–Trinajstić information content (AvgIpc) is 2.38. The van der Waals surface area contributed by atoms with E-state index < -0.39 is 6.36 Å². The van der Waals surface area contributed by atoms with Gasteiger partial charge in [0.05, 0.1) is 5.69 Å². The van der Waals surface area contributed by atoms with Gasteiger partial charge in [-0.1, -0.05) is 30.9 Å². The minimum Gasteiger partial charge on any atom is -0.405 e. The molecule has 0 aliphatic carbocycles. The molecule has 2 rings (SSSR count). The number of pyridine rings is 1. The molecule has 5 heteroatoms. The molecular formula is C14H10F3NO.